The lowest BCUT2D eigenvalue weighted by Crippen LogP contribution is -2.49. The summed E-state index contributed by atoms with van der Waals surface area (Å²) in [6, 6.07) is 0. The number of hydrogen-bond acceptors (Lipinski definition) is 4. The predicted molar refractivity (Wildman–Crippen MR) is 36.6 cm³/mol. The van der Waals surface area contributed by atoms with E-state index in [2.05, 4.69) is 0 Å². The van der Waals surface area contributed by atoms with E-state index in [4.69, 9.17) is 10.2 Å². The minimum absolute atomic E-state index is 0.0694. The number of aliphatic hydroxyl groups is 3. The third kappa shape index (κ3) is 1.33. The van der Waals surface area contributed by atoms with E-state index >= 15 is 0 Å². The zero-order chi connectivity index (χ0) is 8.48. The van der Waals surface area contributed by atoms with Gasteiger partial charge in [-0.1, -0.05) is 6.08 Å². The van der Waals surface area contributed by atoms with Gasteiger partial charge in [0.25, 0.3) is 0 Å². The molecule has 62 valence electrons. The van der Waals surface area contributed by atoms with E-state index in [9.17, 15) is 9.90 Å². The van der Waals surface area contributed by atoms with Gasteiger partial charge in [0.15, 0.2) is 17.7 Å². The summed E-state index contributed by atoms with van der Waals surface area (Å²) in [7, 11) is 0. The highest BCUT2D eigenvalue weighted by molar-refractivity contribution is 5.97. The monoisotopic (exact) mass is 158 g/mol. The topological polar surface area (TPSA) is 77.8 Å². The molecule has 0 aromatic rings. The van der Waals surface area contributed by atoms with Gasteiger partial charge in [0, 0.05) is 0 Å². The predicted octanol–water partition coefficient (Wildman–Crippen LogP) is -1.05. The van der Waals surface area contributed by atoms with Gasteiger partial charge in [-0.15, -0.1) is 0 Å². The first-order valence-electron chi connectivity index (χ1n) is 3.37. The molecule has 3 N–H and O–H groups in total. The zero-order valence-corrected chi connectivity index (χ0v) is 5.90. The van der Waals surface area contributed by atoms with Crippen LogP contribution in [0.4, 0.5) is 0 Å². The Hall–Kier alpha value is -0.710. The van der Waals surface area contributed by atoms with Gasteiger partial charge in [0.05, 0.1) is 0 Å². The Bertz CT molecular complexity index is 197. The first-order valence-corrected chi connectivity index (χ1v) is 3.37. The van der Waals surface area contributed by atoms with E-state index < -0.39 is 17.7 Å². The van der Waals surface area contributed by atoms with Crippen LogP contribution in [0.15, 0.2) is 12.2 Å². The van der Waals surface area contributed by atoms with Crippen LogP contribution in [0.25, 0.3) is 0 Å². The summed E-state index contributed by atoms with van der Waals surface area (Å²) >= 11 is 0. The summed E-state index contributed by atoms with van der Waals surface area (Å²) in [5.41, 5.74) is -1.98. The number of ketones is 1. The van der Waals surface area contributed by atoms with Crippen molar-refractivity contribution in [2.45, 2.75) is 24.7 Å². The summed E-state index contributed by atoms with van der Waals surface area (Å²) in [6.45, 7) is 0. The molecule has 0 heterocycles. The number of hydrogen-bond donors (Lipinski definition) is 3. The van der Waals surface area contributed by atoms with Crippen LogP contribution in [-0.2, 0) is 4.79 Å². The number of carbonyl (C=O) groups is 1. The molecular weight excluding hydrogens is 148 g/mol. The largest absolute Gasteiger partial charge is 0.377 e. The van der Waals surface area contributed by atoms with Crippen LogP contribution in [-0.4, -0.2) is 33.0 Å². The van der Waals surface area contributed by atoms with Crippen LogP contribution < -0.4 is 0 Å². The molecule has 0 spiro atoms. The minimum atomic E-state index is -1.99. The van der Waals surface area contributed by atoms with Crippen molar-refractivity contribution in [1.29, 1.82) is 0 Å². The van der Waals surface area contributed by atoms with E-state index in [1.165, 1.54) is 6.08 Å². The maximum atomic E-state index is 10.9. The van der Waals surface area contributed by atoms with Crippen LogP contribution in [0.1, 0.15) is 12.8 Å². The highest BCUT2D eigenvalue weighted by Crippen LogP contribution is 2.22. The average Bonchev–Trinajstić information content (AvgIpc) is 1.95. The quantitative estimate of drug-likeness (QED) is 0.425. The Morgan fingerprint density at radius 3 is 2.55 bits per heavy atom. The van der Waals surface area contributed by atoms with Gasteiger partial charge in [-0.2, -0.15) is 0 Å². The Balaban J connectivity index is 2.85. The summed E-state index contributed by atoms with van der Waals surface area (Å²) < 4.78 is 0. The van der Waals surface area contributed by atoms with Crippen molar-refractivity contribution < 1.29 is 20.1 Å². The molecule has 1 atom stereocenters. The maximum absolute atomic E-state index is 10.9. The van der Waals surface area contributed by atoms with Gasteiger partial charge in [0.2, 0.25) is 0 Å². The number of carbonyl (C=O) groups excluding carboxylic acids is 1. The smallest absolute Gasteiger partial charge is 0.192 e. The fourth-order valence-corrected chi connectivity index (χ4v) is 1.02. The first-order chi connectivity index (χ1) is 5.07. The third-order valence-electron chi connectivity index (χ3n) is 1.82. The average molecular weight is 158 g/mol. The van der Waals surface area contributed by atoms with E-state index in [0.29, 0.717) is 6.42 Å². The first kappa shape index (κ1) is 8.39. The standard InChI is InChI=1S/C7H10O4/c8-5-3-1-2-4-7(5,11)6(9)10/h1,3,6,9-11H,2,4H2/t7-/m1/s1. The molecule has 4 nitrogen and oxygen atoms in total. The molecule has 4 heteroatoms. The highest BCUT2D eigenvalue weighted by Gasteiger charge is 2.41. The van der Waals surface area contributed by atoms with Gasteiger partial charge >= 0.3 is 0 Å². The van der Waals surface area contributed by atoms with Crippen molar-refractivity contribution in [3.63, 3.8) is 0 Å². The maximum Gasteiger partial charge on any atom is 0.192 e. The Labute approximate surface area is 63.8 Å². The molecule has 0 radical (unpaired) electrons. The van der Waals surface area contributed by atoms with Gasteiger partial charge in [-0.25, -0.2) is 0 Å². The Morgan fingerprint density at radius 1 is 1.55 bits per heavy atom. The Kier molecular flexibility index (Phi) is 2.08. The molecule has 1 aliphatic rings. The van der Waals surface area contributed by atoms with Crippen LogP contribution in [0.5, 0.6) is 0 Å². The molecule has 0 fully saturated rings. The molecule has 0 unspecified atom stereocenters. The zero-order valence-electron chi connectivity index (χ0n) is 5.90. The van der Waals surface area contributed by atoms with Crippen molar-refractivity contribution in [2.75, 3.05) is 0 Å². The molecular formula is C7H10O4. The van der Waals surface area contributed by atoms with Gasteiger partial charge in [0.1, 0.15) is 0 Å². The number of rotatable bonds is 1. The van der Waals surface area contributed by atoms with Crippen molar-refractivity contribution in [2.24, 2.45) is 0 Å². The van der Waals surface area contributed by atoms with Gasteiger partial charge < -0.3 is 15.3 Å². The summed E-state index contributed by atoms with van der Waals surface area (Å²) in [5.74, 6) is -0.640. The van der Waals surface area contributed by atoms with Crippen molar-refractivity contribution >= 4 is 5.78 Å². The number of allylic oxidation sites excluding steroid dienone is 1. The Morgan fingerprint density at radius 2 is 2.18 bits per heavy atom. The van der Waals surface area contributed by atoms with Gasteiger partial charge in [-0.05, 0) is 18.9 Å². The van der Waals surface area contributed by atoms with E-state index in [1.807, 2.05) is 0 Å². The normalized spacial score (nSPS) is 31.5. The summed E-state index contributed by atoms with van der Waals surface area (Å²) in [5, 5.41) is 26.6. The van der Waals surface area contributed by atoms with Gasteiger partial charge in [-0.3, -0.25) is 4.79 Å². The SMILES string of the molecule is O=C1C=CCC[C@]1(O)C(O)O. The summed E-state index contributed by atoms with van der Waals surface area (Å²) in [4.78, 5) is 10.9. The molecule has 0 bridgehead atoms. The molecule has 11 heavy (non-hydrogen) atoms. The second-order valence-corrected chi connectivity index (χ2v) is 2.60. The molecule has 0 aromatic carbocycles. The fourth-order valence-electron chi connectivity index (χ4n) is 1.02. The lowest BCUT2D eigenvalue weighted by Gasteiger charge is -2.28. The molecule has 0 saturated heterocycles. The summed E-state index contributed by atoms with van der Waals surface area (Å²) in [6.07, 6.45) is 1.34. The second-order valence-electron chi connectivity index (χ2n) is 2.60. The molecule has 0 amide bonds. The van der Waals surface area contributed by atoms with Crippen molar-refractivity contribution in [3.8, 4) is 0 Å². The van der Waals surface area contributed by atoms with Crippen LogP contribution >= 0.6 is 0 Å². The van der Waals surface area contributed by atoms with E-state index in [-0.39, 0.29) is 6.42 Å². The minimum Gasteiger partial charge on any atom is -0.377 e. The third-order valence-corrected chi connectivity index (χ3v) is 1.82. The van der Waals surface area contributed by atoms with Crippen LogP contribution in [0.3, 0.4) is 0 Å². The lowest BCUT2D eigenvalue weighted by molar-refractivity contribution is -0.190. The number of aliphatic hydroxyl groups excluding tert-OH is 1. The molecule has 1 rings (SSSR count). The molecule has 0 saturated carbocycles. The molecule has 0 aliphatic heterocycles. The van der Waals surface area contributed by atoms with Crippen LogP contribution in [0, 0.1) is 0 Å². The lowest BCUT2D eigenvalue weighted by atomic mass is 9.87. The van der Waals surface area contributed by atoms with Crippen LogP contribution in [0.2, 0.25) is 0 Å². The fraction of sp³-hybridized carbons (Fsp3) is 0.571. The van der Waals surface area contributed by atoms with Crippen molar-refractivity contribution in [3.05, 3.63) is 12.2 Å². The molecule has 1 aliphatic carbocycles. The highest BCUT2D eigenvalue weighted by atomic mass is 16.5. The second kappa shape index (κ2) is 2.73. The van der Waals surface area contributed by atoms with E-state index in [0.717, 1.165) is 0 Å². The van der Waals surface area contributed by atoms with Crippen molar-refractivity contribution in [1.82, 2.24) is 0 Å². The van der Waals surface area contributed by atoms with E-state index in [1.54, 1.807) is 6.08 Å². The molecule has 0 aromatic heterocycles.